The summed E-state index contributed by atoms with van der Waals surface area (Å²) in [6.45, 7) is 2.15. The van der Waals surface area contributed by atoms with Gasteiger partial charge in [0.25, 0.3) is 5.56 Å². The zero-order valence-corrected chi connectivity index (χ0v) is 12.7. The van der Waals surface area contributed by atoms with E-state index >= 15 is 0 Å². The van der Waals surface area contributed by atoms with Crippen molar-refractivity contribution in [3.63, 3.8) is 0 Å². The molecule has 0 aliphatic heterocycles. The molecule has 0 aliphatic rings. The Balaban J connectivity index is 1.76. The summed E-state index contributed by atoms with van der Waals surface area (Å²) in [4.78, 5) is 28.2. The van der Waals surface area contributed by atoms with Crippen LogP contribution in [0.15, 0.2) is 59.7 Å². The molecule has 1 heterocycles. The molecular formula is C18H16N2O3. The number of ether oxygens (including phenoxy) is 1. The van der Waals surface area contributed by atoms with Crippen molar-refractivity contribution in [2.45, 2.75) is 13.5 Å². The van der Waals surface area contributed by atoms with Gasteiger partial charge in [0.2, 0.25) is 0 Å². The fourth-order valence-corrected chi connectivity index (χ4v) is 2.40. The molecular weight excluding hydrogens is 292 g/mol. The molecule has 3 rings (SSSR count). The van der Waals surface area contributed by atoms with Crippen molar-refractivity contribution >= 4 is 16.7 Å². The van der Waals surface area contributed by atoms with Gasteiger partial charge in [0.15, 0.2) is 5.78 Å². The predicted octanol–water partition coefficient (Wildman–Crippen LogP) is 2.68. The third kappa shape index (κ3) is 3.13. The second-order valence-corrected chi connectivity index (χ2v) is 5.16. The molecule has 5 nitrogen and oxygen atoms in total. The Bertz CT molecular complexity index is 915. The molecule has 0 aliphatic carbocycles. The first-order valence-electron chi connectivity index (χ1n) is 7.34. The van der Waals surface area contributed by atoms with Crippen LogP contribution in [0.25, 0.3) is 10.9 Å². The highest BCUT2D eigenvalue weighted by molar-refractivity contribution is 5.96. The van der Waals surface area contributed by atoms with Crippen molar-refractivity contribution in [2.24, 2.45) is 0 Å². The fourth-order valence-electron chi connectivity index (χ4n) is 2.40. The van der Waals surface area contributed by atoms with Gasteiger partial charge in [-0.05, 0) is 31.2 Å². The number of rotatable bonds is 5. The number of nitrogens with zero attached hydrogens (tertiary/aromatic N) is 2. The predicted molar refractivity (Wildman–Crippen MR) is 87.9 cm³/mol. The molecule has 23 heavy (non-hydrogen) atoms. The van der Waals surface area contributed by atoms with Crippen molar-refractivity contribution in [1.82, 2.24) is 9.55 Å². The number of Topliss-reactive ketones (excluding diaryl/α,β-unsaturated/α-hetero) is 1. The number of carbonyl (C=O) groups is 1. The van der Waals surface area contributed by atoms with Crippen LogP contribution >= 0.6 is 0 Å². The van der Waals surface area contributed by atoms with Crippen molar-refractivity contribution in [3.8, 4) is 5.75 Å². The maximum absolute atomic E-state index is 12.4. The van der Waals surface area contributed by atoms with E-state index < -0.39 is 0 Å². The van der Waals surface area contributed by atoms with Crippen LogP contribution in [0, 0.1) is 0 Å². The van der Waals surface area contributed by atoms with Gasteiger partial charge in [-0.15, -0.1) is 0 Å². The summed E-state index contributed by atoms with van der Waals surface area (Å²) in [6, 6.07) is 14.3. The molecule has 3 aromatic rings. The number of aromatic nitrogens is 2. The molecule has 2 aromatic carbocycles. The molecule has 0 N–H and O–H groups in total. The molecule has 0 unspecified atom stereocenters. The normalized spacial score (nSPS) is 10.7. The summed E-state index contributed by atoms with van der Waals surface area (Å²) in [5.74, 6) is 0.479. The van der Waals surface area contributed by atoms with Gasteiger partial charge < -0.3 is 4.74 Å². The van der Waals surface area contributed by atoms with E-state index in [-0.39, 0.29) is 17.9 Å². The highest BCUT2D eigenvalue weighted by Gasteiger charge is 2.08. The van der Waals surface area contributed by atoms with Crippen molar-refractivity contribution in [3.05, 3.63) is 70.8 Å². The van der Waals surface area contributed by atoms with E-state index in [0.29, 0.717) is 28.8 Å². The average Bonchev–Trinajstić information content (AvgIpc) is 2.57. The molecule has 1 aromatic heterocycles. The number of hydrogen-bond donors (Lipinski definition) is 0. The van der Waals surface area contributed by atoms with Crippen molar-refractivity contribution < 1.29 is 9.53 Å². The van der Waals surface area contributed by atoms with E-state index in [2.05, 4.69) is 4.98 Å². The average molecular weight is 308 g/mol. The van der Waals surface area contributed by atoms with E-state index in [1.54, 1.807) is 30.3 Å². The van der Waals surface area contributed by atoms with Crippen LogP contribution in [0.2, 0.25) is 0 Å². The molecule has 0 amide bonds. The van der Waals surface area contributed by atoms with E-state index in [1.165, 1.54) is 17.8 Å². The monoisotopic (exact) mass is 308 g/mol. The molecule has 0 saturated carbocycles. The van der Waals surface area contributed by atoms with Crippen LogP contribution in [0.5, 0.6) is 5.75 Å². The molecule has 0 atom stereocenters. The Kier molecular flexibility index (Phi) is 4.19. The number of ketones is 1. The lowest BCUT2D eigenvalue weighted by Gasteiger charge is -2.11. The maximum Gasteiger partial charge on any atom is 0.261 e. The first kappa shape index (κ1) is 15.0. The second-order valence-electron chi connectivity index (χ2n) is 5.16. The van der Waals surface area contributed by atoms with Crippen LogP contribution in [0.1, 0.15) is 17.3 Å². The van der Waals surface area contributed by atoms with Gasteiger partial charge in [-0.3, -0.25) is 14.2 Å². The van der Waals surface area contributed by atoms with E-state index in [0.717, 1.165) is 0 Å². The number of benzene rings is 2. The van der Waals surface area contributed by atoms with Crippen LogP contribution in [-0.4, -0.2) is 21.9 Å². The summed E-state index contributed by atoms with van der Waals surface area (Å²) in [5.41, 5.74) is 1.12. The Morgan fingerprint density at radius 2 is 1.87 bits per heavy atom. The van der Waals surface area contributed by atoms with Gasteiger partial charge in [0.1, 0.15) is 12.4 Å². The van der Waals surface area contributed by atoms with Crippen LogP contribution in [0.4, 0.5) is 0 Å². The third-order valence-corrected chi connectivity index (χ3v) is 3.59. The quantitative estimate of drug-likeness (QED) is 0.680. The highest BCUT2D eigenvalue weighted by atomic mass is 16.5. The number of fused-ring (bicyclic) bond motifs is 1. The minimum atomic E-state index is -0.0981. The summed E-state index contributed by atoms with van der Waals surface area (Å²) in [7, 11) is 0. The van der Waals surface area contributed by atoms with E-state index in [1.807, 2.05) is 18.2 Å². The second kappa shape index (κ2) is 6.44. The van der Waals surface area contributed by atoms with Crippen LogP contribution < -0.4 is 10.3 Å². The molecule has 0 fully saturated rings. The van der Waals surface area contributed by atoms with Gasteiger partial charge in [0, 0.05) is 0 Å². The van der Waals surface area contributed by atoms with Gasteiger partial charge in [-0.1, -0.05) is 24.3 Å². The third-order valence-electron chi connectivity index (χ3n) is 3.59. The summed E-state index contributed by atoms with van der Waals surface area (Å²) in [6.07, 6.45) is 1.52. The molecule has 0 bridgehead atoms. The Hall–Kier alpha value is -2.95. The topological polar surface area (TPSA) is 61.2 Å². The van der Waals surface area contributed by atoms with E-state index in [9.17, 15) is 9.59 Å². The number of hydrogen-bond acceptors (Lipinski definition) is 4. The van der Waals surface area contributed by atoms with Crippen LogP contribution in [-0.2, 0) is 6.54 Å². The summed E-state index contributed by atoms with van der Waals surface area (Å²) < 4.78 is 7.17. The molecule has 0 saturated heterocycles. The minimum absolute atomic E-state index is 0.0508. The lowest BCUT2D eigenvalue weighted by Crippen LogP contribution is -2.23. The van der Waals surface area contributed by atoms with Gasteiger partial charge >= 0.3 is 0 Å². The standard InChI is InChI=1S/C18H16N2O3/c1-13(21)14-6-3-5-9-17(14)23-11-10-20-12-19-16-8-4-2-7-15(16)18(20)22/h2-9,12H,10-11H2,1H3. The summed E-state index contributed by atoms with van der Waals surface area (Å²) in [5, 5.41) is 0.583. The molecule has 0 radical (unpaired) electrons. The summed E-state index contributed by atoms with van der Waals surface area (Å²) >= 11 is 0. The number of para-hydroxylation sites is 2. The maximum atomic E-state index is 12.4. The Morgan fingerprint density at radius 1 is 1.13 bits per heavy atom. The highest BCUT2D eigenvalue weighted by Crippen LogP contribution is 2.18. The van der Waals surface area contributed by atoms with Gasteiger partial charge in [-0.2, -0.15) is 0 Å². The molecule has 0 spiro atoms. The SMILES string of the molecule is CC(=O)c1ccccc1OCCn1cnc2ccccc2c1=O. The minimum Gasteiger partial charge on any atom is -0.491 e. The van der Waals surface area contributed by atoms with Crippen molar-refractivity contribution in [2.75, 3.05) is 6.61 Å². The van der Waals surface area contributed by atoms with Gasteiger partial charge in [-0.25, -0.2) is 4.98 Å². The fraction of sp³-hybridized carbons (Fsp3) is 0.167. The lowest BCUT2D eigenvalue weighted by atomic mass is 10.1. The lowest BCUT2D eigenvalue weighted by molar-refractivity contribution is 0.101. The zero-order chi connectivity index (χ0) is 16.2. The Morgan fingerprint density at radius 3 is 2.70 bits per heavy atom. The first-order chi connectivity index (χ1) is 11.2. The van der Waals surface area contributed by atoms with E-state index in [4.69, 9.17) is 4.74 Å². The zero-order valence-electron chi connectivity index (χ0n) is 12.7. The smallest absolute Gasteiger partial charge is 0.261 e. The van der Waals surface area contributed by atoms with Crippen LogP contribution in [0.3, 0.4) is 0 Å². The Labute approximate surface area is 133 Å². The van der Waals surface area contributed by atoms with Crippen molar-refractivity contribution in [1.29, 1.82) is 0 Å². The molecule has 5 heteroatoms. The molecule has 116 valence electrons. The van der Waals surface area contributed by atoms with Gasteiger partial charge in [0.05, 0.1) is 29.3 Å². The first-order valence-corrected chi connectivity index (χ1v) is 7.34. The largest absolute Gasteiger partial charge is 0.491 e. The number of carbonyl (C=O) groups excluding carboxylic acids is 1.